The molecule has 4 amide bonds. The first kappa shape index (κ1) is 48.1. The van der Waals surface area contributed by atoms with E-state index >= 15 is 0 Å². The Kier molecular flexibility index (Phi) is 15.9. The summed E-state index contributed by atoms with van der Waals surface area (Å²) in [6, 6.07) is 20.1. The highest BCUT2D eigenvalue weighted by molar-refractivity contribution is 6.30. The number of Topliss-reactive ketones (excluding diaryl/α,β-unsaturated/α-hetero) is 3. The zero-order valence-corrected chi connectivity index (χ0v) is 37.5. The van der Waals surface area contributed by atoms with Gasteiger partial charge in [-0.2, -0.15) is 0 Å². The third-order valence-electron chi connectivity index (χ3n) is 12.3. The molecule has 4 bridgehead atoms. The van der Waals surface area contributed by atoms with Gasteiger partial charge in [-0.05, 0) is 90.9 Å². The Morgan fingerprint density at radius 1 is 0.846 bits per heavy atom. The van der Waals surface area contributed by atoms with Crippen LogP contribution in [0.25, 0.3) is 22.3 Å². The van der Waals surface area contributed by atoms with Crippen LogP contribution in [0.5, 0.6) is 11.5 Å². The highest BCUT2D eigenvalue weighted by atomic mass is 35.5. The van der Waals surface area contributed by atoms with E-state index in [1.165, 1.54) is 43.1 Å². The van der Waals surface area contributed by atoms with Crippen molar-refractivity contribution in [1.82, 2.24) is 20.9 Å². The summed E-state index contributed by atoms with van der Waals surface area (Å²) in [6.07, 6.45) is 1.04. The van der Waals surface area contributed by atoms with E-state index in [2.05, 4.69) is 16.0 Å². The lowest BCUT2D eigenvalue weighted by atomic mass is 9.87. The number of rotatable bonds is 15. The molecule has 2 aliphatic rings. The van der Waals surface area contributed by atoms with Crippen molar-refractivity contribution < 1.29 is 43.8 Å². The third-order valence-corrected chi connectivity index (χ3v) is 12.6. The number of phenols is 2. The van der Waals surface area contributed by atoms with Crippen molar-refractivity contribution in [3.05, 3.63) is 107 Å². The summed E-state index contributed by atoms with van der Waals surface area (Å²) in [5, 5.41) is 31.1. The number of benzene rings is 4. The molecule has 0 spiro atoms. The number of nitrogens with one attached hydrogen (secondary N) is 3. The number of carbonyl (C=O) groups is 7. The predicted molar refractivity (Wildman–Crippen MR) is 246 cm³/mol. The van der Waals surface area contributed by atoms with Crippen molar-refractivity contribution in [1.29, 1.82) is 0 Å². The van der Waals surface area contributed by atoms with Crippen LogP contribution in [-0.4, -0.2) is 88.3 Å². The molecule has 6 atom stereocenters. The lowest BCUT2D eigenvalue weighted by molar-refractivity contribution is -0.142. The summed E-state index contributed by atoms with van der Waals surface area (Å²) in [6.45, 7) is 3.90. The Labute approximate surface area is 383 Å². The molecule has 6 rings (SSSR count). The minimum atomic E-state index is -1.30. The average Bonchev–Trinajstić information content (AvgIpc) is 3.69. The molecule has 0 saturated carbocycles. The van der Waals surface area contributed by atoms with Crippen LogP contribution in [0.2, 0.25) is 5.02 Å². The van der Waals surface area contributed by atoms with Crippen LogP contribution < -0.4 is 21.7 Å². The van der Waals surface area contributed by atoms with Crippen LogP contribution in [0.1, 0.15) is 86.3 Å². The van der Waals surface area contributed by atoms with Gasteiger partial charge in [0.1, 0.15) is 23.6 Å². The number of nitrogens with zero attached hydrogens (tertiary/aromatic N) is 1. The first-order valence-corrected chi connectivity index (χ1v) is 22.4. The van der Waals surface area contributed by atoms with Crippen molar-refractivity contribution >= 4 is 52.6 Å². The number of carbonyl (C=O) groups excluding carboxylic acids is 7. The number of likely N-dealkylation sites (N-methyl/N-ethyl adjacent to an activating group) is 1. The Hall–Kier alpha value is -6.38. The quantitative estimate of drug-likeness (QED) is 0.0618. The van der Waals surface area contributed by atoms with Gasteiger partial charge in [0.15, 0.2) is 17.3 Å². The molecule has 7 N–H and O–H groups in total. The van der Waals surface area contributed by atoms with Crippen LogP contribution in [0.4, 0.5) is 0 Å². The van der Waals surface area contributed by atoms with E-state index in [1.807, 2.05) is 24.3 Å². The van der Waals surface area contributed by atoms with Crippen LogP contribution >= 0.6 is 11.6 Å². The fourth-order valence-electron chi connectivity index (χ4n) is 8.47. The van der Waals surface area contributed by atoms with Crippen molar-refractivity contribution in [3.63, 3.8) is 0 Å². The molecule has 2 heterocycles. The van der Waals surface area contributed by atoms with E-state index in [-0.39, 0.29) is 60.0 Å². The molecular weight excluding hydrogens is 850 g/mol. The zero-order chi connectivity index (χ0) is 46.9. The van der Waals surface area contributed by atoms with Gasteiger partial charge in [0.25, 0.3) is 0 Å². The van der Waals surface area contributed by atoms with Crippen LogP contribution in [0, 0.1) is 17.8 Å². The van der Waals surface area contributed by atoms with Gasteiger partial charge in [0, 0.05) is 72.3 Å². The summed E-state index contributed by atoms with van der Waals surface area (Å²) >= 11 is 6.06. The van der Waals surface area contributed by atoms with E-state index in [1.54, 1.807) is 43.3 Å². The van der Waals surface area contributed by atoms with E-state index < -0.39 is 65.2 Å². The molecule has 65 heavy (non-hydrogen) atoms. The molecule has 14 nitrogen and oxygen atoms in total. The SMILES string of the molecule is C[C@@H]1CC(=O)[C@@H](N(C)C(=O)[C@H](CCCCN)CC(=O)c2ccc(-c3ccc(Cl)cc3)cc2)c2ccc(O)c(c2)-c2cc(ccc2O)C[C@@H](C(=O)C[C@@H](C)C(=O)N[C@@H]2CCNC2=O)NC1=O. The summed E-state index contributed by atoms with van der Waals surface area (Å²) in [5.41, 5.74) is 9.15. The first-order chi connectivity index (χ1) is 31.0. The van der Waals surface area contributed by atoms with E-state index in [9.17, 15) is 43.8 Å². The van der Waals surface area contributed by atoms with Gasteiger partial charge in [0.2, 0.25) is 23.6 Å². The number of hydrogen-bond donors (Lipinski definition) is 6. The highest BCUT2D eigenvalue weighted by Crippen LogP contribution is 2.40. The van der Waals surface area contributed by atoms with Gasteiger partial charge in [-0.25, -0.2) is 0 Å². The number of halogens is 1. The zero-order valence-electron chi connectivity index (χ0n) is 36.8. The lowest BCUT2D eigenvalue weighted by Crippen LogP contribution is -2.47. The molecule has 15 heteroatoms. The van der Waals surface area contributed by atoms with Crippen LogP contribution in [0.15, 0.2) is 84.9 Å². The van der Waals surface area contributed by atoms with Crippen molar-refractivity contribution in [3.8, 4) is 33.8 Å². The fourth-order valence-corrected chi connectivity index (χ4v) is 8.60. The molecule has 2 aliphatic heterocycles. The number of aromatic hydroxyl groups is 2. The molecule has 0 aromatic heterocycles. The second-order valence-electron chi connectivity index (χ2n) is 17.2. The summed E-state index contributed by atoms with van der Waals surface area (Å²) in [4.78, 5) is 97.4. The normalized spacial score (nSPS) is 19.6. The number of unbranched alkanes of at least 4 members (excludes halogenated alkanes) is 1. The maximum atomic E-state index is 14.7. The maximum absolute atomic E-state index is 14.7. The largest absolute Gasteiger partial charge is 0.507 e. The minimum Gasteiger partial charge on any atom is -0.507 e. The molecular formula is C50H56ClN5O9. The fraction of sp³-hybridized carbons (Fsp3) is 0.380. The molecule has 1 saturated heterocycles. The average molecular weight is 906 g/mol. The number of ketones is 3. The number of fused-ring (bicyclic) bond motifs is 5. The standard InChI is InChI=1S/C50H56ClN5O9/c1-28(47(62)54-39-19-21-53-49(39)64)22-44(60)40-25-30-7-17-41(57)37(24-30)38-26-34(14-18-42(38)58)46(45(61)23-29(2)48(63)55-40)56(3)50(65)35(6-4-5-20-52)27-43(59)33-10-8-31(9-11-33)32-12-15-36(51)16-13-32/h7-18,24,26,28-29,35,39-40,46,57-58H,4-6,19-23,25,27,52H2,1-3H3,(H,53,64)(H,54,62)(H,55,63)/t28-,29-,35-,39-,40+,46+/m1/s1. The number of phenolic OH excluding ortho intramolecular Hbond substituents is 2. The molecule has 342 valence electrons. The Morgan fingerprint density at radius 2 is 1.49 bits per heavy atom. The molecule has 0 radical (unpaired) electrons. The molecule has 1 fully saturated rings. The molecule has 4 aromatic carbocycles. The summed E-state index contributed by atoms with van der Waals surface area (Å²) < 4.78 is 0. The number of hydrogen-bond acceptors (Lipinski definition) is 10. The van der Waals surface area contributed by atoms with E-state index in [4.69, 9.17) is 17.3 Å². The Balaban J connectivity index is 1.29. The van der Waals surface area contributed by atoms with Gasteiger partial charge >= 0.3 is 0 Å². The van der Waals surface area contributed by atoms with E-state index in [0.717, 1.165) is 11.1 Å². The second kappa shape index (κ2) is 21.5. The Morgan fingerprint density at radius 3 is 2.14 bits per heavy atom. The highest BCUT2D eigenvalue weighted by Gasteiger charge is 2.37. The van der Waals surface area contributed by atoms with Crippen LogP contribution in [-0.2, 0) is 35.2 Å². The topological polar surface area (TPSA) is 225 Å². The minimum absolute atomic E-state index is 0.0467. The summed E-state index contributed by atoms with van der Waals surface area (Å²) in [5.74, 6) is -6.29. The number of amides is 4. The lowest BCUT2D eigenvalue weighted by Gasteiger charge is -2.32. The van der Waals surface area contributed by atoms with Crippen molar-refractivity contribution in [2.75, 3.05) is 20.1 Å². The second-order valence-corrected chi connectivity index (χ2v) is 17.7. The molecule has 4 aromatic rings. The van der Waals surface area contributed by atoms with Gasteiger partial charge in [0.05, 0.1) is 6.04 Å². The third kappa shape index (κ3) is 11.9. The summed E-state index contributed by atoms with van der Waals surface area (Å²) in [7, 11) is 1.47. The maximum Gasteiger partial charge on any atom is 0.242 e. The Bertz CT molecular complexity index is 2440. The van der Waals surface area contributed by atoms with E-state index in [0.29, 0.717) is 60.5 Å². The van der Waals surface area contributed by atoms with Gasteiger partial charge < -0.3 is 36.8 Å². The molecule has 0 unspecified atom stereocenters. The van der Waals surface area contributed by atoms with Gasteiger partial charge in [-0.15, -0.1) is 0 Å². The van der Waals surface area contributed by atoms with Crippen molar-refractivity contribution in [2.24, 2.45) is 23.5 Å². The van der Waals surface area contributed by atoms with Crippen molar-refractivity contribution in [2.45, 2.75) is 83.3 Å². The van der Waals surface area contributed by atoms with Gasteiger partial charge in [-0.3, -0.25) is 33.6 Å². The first-order valence-electron chi connectivity index (χ1n) is 22.0. The monoisotopic (exact) mass is 905 g/mol. The van der Waals surface area contributed by atoms with Gasteiger partial charge in [-0.1, -0.05) is 80.4 Å². The molecule has 0 aliphatic carbocycles. The number of nitrogens with two attached hydrogens (primary N) is 1. The smallest absolute Gasteiger partial charge is 0.242 e. The predicted octanol–water partition coefficient (Wildman–Crippen LogP) is 5.84. The van der Waals surface area contributed by atoms with Crippen LogP contribution in [0.3, 0.4) is 0 Å².